The molecule has 5 rings (SSSR count). The number of carbonyl (C=O) groups excluding carboxylic acids is 1. The molecule has 7 heteroatoms. The molecule has 3 heterocycles. The molecule has 1 amide bonds. The number of aromatic amines is 1. The third-order valence-electron chi connectivity index (χ3n) is 5.35. The average molecular weight is 409 g/mol. The molecule has 0 radical (unpaired) electrons. The third-order valence-corrected chi connectivity index (χ3v) is 5.35. The van der Waals surface area contributed by atoms with Gasteiger partial charge in [-0.2, -0.15) is 5.10 Å². The van der Waals surface area contributed by atoms with Crippen LogP contribution in [0.2, 0.25) is 0 Å². The fourth-order valence-electron chi connectivity index (χ4n) is 3.90. The van der Waals surface area contributed by atoms with Gasteiger partial charge in [0.1, 0.15) is 11.3 Å². The number of H-pyrrole nitrogens is 1. The summed E-state index contributed by atoms with van der Waals surface area (Å²) in [6.07, 6.45) is 1.82. The Kier molecular flexibility index (Phi) is 4.36. The number of fused-ring (bicyclic) bond motifs is 2. The van der Waals surface area contributed by atoms with E-state index in [1.165, 1.54) is 0 Å². The van der Waals surface area contributed by atoms with E-state index in [0.29, 0.717) is 28.2 Å². The van der Waals surface area contributed by atoms with Gasteiger partial charge in [0.15, 0.2) is 0 Å². The molecule has 31 heavy (non-hydrogen) atoms. The Bertz CT molecular complexity index is 1530. The highest BCUT2D eigenvalue weighted by atomic mass is 16.2. The van der Waals surface area contributed by atoms with Crippen molar-refractivity contribution in [3.63, 3.8) is 0 Å². The molecule has 0 unspecified atom stereocenters. The largest absolute Gasteiger partial charge is 0.321 e. The number of hydrogen-bond acceptors (Lipinski definition) is 4. The molecule has 0 aliphatic rings. The van der Waals surface area contributed by atoms with Crippen molar-refractivity contribution in [1.82, 2.24) is 19.6 Å². The van der Waals surface area contributed by atoms with Gasteiger partial charge in [-0.25, -0.2) is 10.1 Å². The maximum atomic E-state index is 13.0. The Hall–Kier alpha value is -4.26. The Morgan fingerprint density at radius 3 is 2.58 bits per heavy atom. The number of amides is 1. The van der Waals surface area contributed by atoms with Crippen LogP contribution in [0.25, 0.3) is 27.7 Å². The highest BCUT2D eigenvalue weighted by Gasteiger charge is 2.17. The minimum absolute atomic E-state index is 0.218. The number of aryl methyl sites for hydroxylation is 2. The van der Waals surface area contributed by atoms with Crippen LogP contribution in [-0.4, -0.2) is 25.5 Å². The van der Waals surface area contributed by atoms with E-state index in [9.17, 15) is 9.59 Å². The molecular weight excluding hydrogens is 390 g/mol. The Balaban J connectivity index is 1.51. The van der Waals surface area contributed by atoms with E-state index in [0.717, 1.165) is 22.2 Å². The Morgan fingerprint density at radius 1 is 1.00 bits per heavy atom. The van der Waals surface area contributed by atoms with Crippen molar-refractivity contribution >= 4 is 28.0 Å². The van der Waals surface area contributed by atoms with E-state index >= 15 is 0 Å². The van der Waals surface area contributed by atoms with Crippen molar-refractivity contribution in [2.45, 2.75) is 13.8 Å². The van der Waals surface area contributed by atoms with Gasteiger partial charge < -0.3 is 5.32 Å². The maximum Gasteiger partial charge on any atom is 0.274 e. The van der Waals surface area contributed by atoms with Crippen molar-refractivity contribution in [2.75, 3.05) is 5.32 Å². The zero-order valence-corrected chi connectivity index (χ0v) is 17.0. The van der Waals surface area contributed by atoms with Crippen molar-refractivity contribution in [1.29, 1.82) is 0 Å². The number of nitrogens with zero attached hydrogens (tertiary/aromatic N) is 3. The first kappa shape index (κ1) is 18.7. The third kappa shape index (κ3) is 3.16. The van der Waals surface area contributed by atoms with E-state index in [-0.39, 0.29) is 11.5 Å². The topological polar surface area (TPSA) is 92.2 Å². The van der Waals surface area contributed by atoms with Gasteiger partial charge in [-0.1, -0.05) is 30.3 Å². The zero-order valence-electron chi connectivity index (χ0n) is 17.0. The summed E-state index contributed by atoms with van der Waals surface area (Å²) in [4.78, 5) is 29.5. The lowest BCUT2D eigenvalue weighted by Gasteiger charge is -2.11. The number of pyridine rings is 1. The monoisotopic (exact) mass is 409 g/mol. The molecule has 2 N–H and O–H groups in total. The molecule has 0 spiro atoms. The van der Waals surface area contributed by atoms with Crippen LogP contribution in [0.4, 0.5) is 5.69 Å². The number of benzene rings is 2. The predicted octanol–water partition coefficient (Wildman–Crippen LogP) is 4.11. The van der Waals surface area contributed by atoms with Gasteiger partial charge >= 0.3 is 0 Å². The fraction of sp³-hybridized carbons (Fsp3) is 0.0833. The van der Waals surface area contributed by atoms with Crippen LogP contribution in [0.1, 0.15) is 21.7 Å². The molecule has 0 saturated heterocycles. The minimum Gasteiger partial charge on any atom is -0.321 e. The predicted molar refractivity (Wildman–Crippen MR) is 120 cm³/mol. The molecule has 0 fully saturated rings. The standard InChI is InChI=1S/C24H19N5O2/c1-14-13-16(26-24(31)22-15(2)25-20-9-5-6-12-29(20)22)10-11-17(14)21-18-7-3-4-8-19(18)23(30)28-27-21/h3-13H,1-2H3,(H,26,31)(H,28,30). The number of aromatic nitrogens is 4. The van der Waals surface area contributed by atoms with Gasteiger partial charge in [-0.3, -0.25) is 14.0 Å². The normalized spacial score (nSPS) is 11.2. The summed E-state index contributed by atoms with van der Waals surface area (Å²) in [5.41, 5.74) is 4.87. The van der Waals surface area contributed by atoms with E-state index < -0.39 is 0 Å². The average Bonchev–Trinajstić information content (AvgIpc) is 3.11. The quantitative estimate of drug-likeness (QED) is 0.469. The highest BCUT2D eigenvalue weighted by Crippen LogP contribution is 2.29. The van der Waals surface area contributed by atoms with Crippen LogP contribution in [0, 0.1) is 13.8 Å². The molecule has 5 aromatic rings. The number of carbonyl (C=O) groups is 1. The van der Waals surface area contributed by atoms with E-state index in [1.807, 2.05) is 74.6 Å². The first-order valence-electron chi connectivity index (χ1n) is 9.86. The highest BCUT2D eigenvalue weighted by molar-refractivity contribution is 6.04. The lowest BCUT2D eigenvalue weighted by Crippen LogP contribution is -2.15. The lowest BCUT2D eigenvalue weighted by molar-refractivity contribution is 0.102. The smallest absolute Gasteiger partial charge is 0.274 e. The number of imidazole rings is 1. The van der Waals surface area contributed by atoms with Crippen molar-refractivity contribution in [2.24, 2.45) is 0 Å². The van der Waals surface area contributed by atoms with Crippen LogP contribution >= 0.6 is 0 Å². The van der Waals surface area contributed by atoms with Gasteiger partial charge in [0.25, 0.3) is 11.5 Å². The van der Waals surface area contributed by atoms with E-state index in [2.05, 4.69) is 20.5 Å². The maximum absolute atomic E-state index is 13.0. The van der Waals surface area contributed by atoms with E-state index in [4.69, 9.17) is 0 Å². The van der Waals surface area contributed by atoms with Gasteiger partial charge in [0.05, 0.1) is 16.8 Å². The first-order chi connectivity index (χ1) is 15.0. The minimum atomic E-state index is -0.226. The zero-order chi connectivity index (χ0) is 21.5. The molecule has 0 aliphatic carbocycles. The molecule has 0 saturated carbocycles. The van der Waals surface area contributed by atoms with Crippen LogP contribution < -0.4 is 10.9 Å². The number of hydrogen-bond donors (Lipinski definition) is 2. The number of anilines is 1. The van der Waals surface area contributed by atoms with E-state index in [1.54, 1.807) is 10.5 Å². The second kappa shape index (κ2) is 7.21. The van der Waals surface area contributed by atoms with Crippen LogP contribution in [0.15, 0.2) is 71.7 Å². The Morgan fingerprint density at radius 2 is 1.77 bits per heavy atom. The van der Waals surface area contributed by atoms with Crippen LogP contribution in [0.3, 0.4) is 0 Å². The van der Waals surface area contributed by atoms with Gasteiger partial charge in [-0.05, 0) is 49.7 Å². The molecular formula is C24H19N5O2. The molecule has 152 valence electrons. The molecule has 2 aromatic carbocycles. The summed E-state index contributed by atoms with van der Waals surface area (Å²) in [6, 6.07) is 18.6. The first-order valence-corrected chi connectivity index (χ1v) is 9.86. The van der Waals surface area contributed by atoms with Gasteiger partial charge in [0.2, 0.25) is 0 Å². The summed E-state index contributed by atoms with van der Waals surface area (Å²) < 4.78 is 1.78. The Labute approximate surface area is 177 Å². The van der Waals surface area contributed by atoms with Crippen LogP contribution in [-0.2, 0) is 0 Å². The molecule has 0 atom stereocenters. The SMILES string of the molecule is Cc1cc(NC(=O)c2c(C)nc3ccccn23)ccc1-c1n[nH]c(=O)c2ccccc12. The van der Waals surface area contributed by atoms with Crippen molar-refractivity contribution in [3.05, 3.63) is 94.2 Å². The summed E-state index contributed by atoms with van der Waals surface area (Å²) >= 11 is 0. The number of rotatable bonds is 3. The molecule has 7 nitrogen and oxygen atoms in total. The second-order valence-electron chi connectivity index (χ2n) is 7.41. The molecule has 0 bridgehead atoms. The summed E-state index contributed by atoms with van der Waals surface area (Å²) in [5, 5.41) is 11.2. The summed E-state index contributed by atoms with van der Waals surface area (Å²) in [7, 11) is 0. The van der Waals surface area contributed by atoms with Crippen LogP contribution in [0.5, 0.6) is 0 Å². The molecule has 3 aromatic heterocycles. The van der Waals surface area contributed by atoms with Crippen molar-refractivity contribution < 1.29 is 4.79 Å². The second-order valence-corrected chi connectivity index (χ2v) is 7.41. The summed E-state index contributed by atoms with van der Waals surface area (Å²) in [6.45, 7) is 3.77. The fourth-order valence-corrected chi connectivity index (χ4v) is 3.90. The number of nitrogens with one attached hydrogen (secondary N) is 2. The van der Waals surface area contributed by atoms with Gasteiger partial charge in [-0.15, -0.1) is 0 Å². The lowest BCUT2D eigenvalue weighted by atomic mass is 10.0. The van der Waals surface area contributed by atoms with Crippen molar-refractivity contribution in [3.8, 4) is 11.3 Å². The summed E-state index contributed by atoms with van der Waals surface area (Å²) in [5.74, 6) is -0.226. The van der Waals surface area contributed by atoms with Gasteiger partial charge in [0, 0.05) is 22.8 Å². The molecule has 0 aliphatic heterocycles.